The van der Waals surface area contributed by atoms with Gasteiger partial charge in [0.1, 0.15) is 0 Å². The van der Waals surface area contributed by atoms with E-state index >= 15 is 0 Å². The summed E-state index contributed by atoms with van der Waals surface area (Å²) in [5, 5.41) is 5.72. The van der Waals surface area contributed by atoms with E-state index in [1.165, 1.54) is 177 Å². The van der Waals surface area contributed by atoms with Crippen molar-refractivity contribution in [1.29, 1.82) is 0 Å². The van der Waals surface area contributed by atoms with Gasteiger partial charge in [0, 0.05) is 0 Å². The summed E-state index contributed by atoms with van der Waals surface area (Å²) in [6, 6.07) is 102. The molecule has 0 aliphatic heterocycles. The van der Waals surface area contributed by atoms with Crippen molar-refractivity contribution in [3.8, 4) is 100 Å². The maximum atomic E-state index is 2.51. The van der Waals surface area contributed by atoms with E-state index in [4.69, 9.17) is 0 Å². The van der Waals surface area contributed by atoms with Gasteiger partial charge in [0.05, 0.1) is 0 Å². The fraction of sp³-hybridized carbons (Fsp3) is 0.115. The van der Waals surface area contributed by atoms with Gasteiger partial charge in [0.15, 0.2) is 8.07 Å². The Hall–Kier alpha value is -8.21. The van der Waals surface area contributed by atoms with Crippen molar-refractivity contribution in [1.82, 2.24) is 0 Å². The van der Waals surface area contributed by atoms with Crippen molar-refractivity contribution in [2.45, 2.75) is 69.2 Å². The molecule has 13 aromatic carbocycles. The van der Waals surface area contributed by atoms with Crippen LogP contribution >= 0.6 is 0 Å². The first kappa shape index (κ1) is 68.2. The van der Waals surface area contributed by atoms with Gasteiger partial charge in [-0.2, -0.15) is 27.4 Å². The quantitative estimate of drug-likeness (QED) is 0.0613. The zero-order chi connectivity index (χ0) is 60.8. The molecule has 0 aliphatic carbocycles. The molecule has 5 heteroatoms. The summed E-state index contributed by atoms with van der Waals surface area (Å²) < 4.78 is 0. The smallest absolute Gasteiger partial charge is 1.00 e. The van der Waals surface area contributed by atoms with Crippen molar-refractivity contribution in [2.24, 2.45) is 0 Å². The molecule has 0 bridgehead atoms. The third-order valence-corrected chi connectivity index (χ3v) is 25.3. The average molecular weight is 1300 g/mol. The van der Waals surface area contributed by atoms with Gasteiger partial charge in [-0.25, -0.2) is 0 Å². The van der Waals surface area contributed by atoms with Gasteiger partial charge in [-0.1, -0.05) is 301 Å². The van der Waals surface area contributed by atoms with Crippen molar-refractivity contribution in [3.63, 3.8) is 0 Å². The minimum absolute atomic E-state index is 0. The molecule has 0 radical (unpaired) electrons. The molecule has 0 atom stereocenters. The Morgan fingerprint density at radius 2 is 0.380 bits per heavy atom. The molecule has 0 fully saturated rings. The number of hydrogen-bond donors (Lipinski definition) is 0. The van der Waals surface area contributed by atoms with Crippen molar-refractivity contribution in [3.05, 3.63) is 329 Å². The van der Waals surface area contributed by atoms with Crippen LogP contribution in [-0.4, -0.2) is 8.07 Å². The molecule has 0 nitrogen and oxygen atoms in total. The second-order valence-corrected chi connectivity index (χ2v) is 27.7. The summed E-state index contributed by atoms with van der Waals surface area (Å²) >= 11 is 0. The molecule has 92 heavy (non-hydrogen) atoms. The second kappa shape index (κ2) is 28.8. The fourth-order valence-corrected chi connectivity index (χ4v) is 22.4. The molecule has 452 valence electrons. The molecule has 0 aromatic heterocycles. The van der Waals surface area contributed by atoms with Crippen LogP contribution in [0.4, 0.5) is 0 Å². The Morgan fingerprint density at radius 1 is 0.207 bits per heavy atom. The summed E-state index contributed by atoms with van der Waals surface area (Å²) in [6.07, 6.45) is 0. The van der Waals surface area contributed by atoms with Gasteiger partial charge < -0.3 is 37.2 Å². The third kappa shape index (κ3) is 11.5. The summed E-state index contributed by atoms with van der Waals surface area (Å²) in [5.74, 6) is 0. The van der Waals surface area contributed by atoms with Crippen molar-refractivity contribution >= 4 is 28.8 Å². The molecule has 0 saturated carbocycles. The Kier molecular flexibility index (Phi) is 21.3. The first-order chi connectivity index (χ1) is 42.9. The van der Waals surface area contributed by atoms with Gasteiger partial charge in [0.2, 0.25) is 0 Å². The molecule has 0 N–H and O–H groups in total. The number of halogens is 3. The molecule has 0 aliphatic rings. The molecule has 0 spiro atoms. The molecule has 0 unspecified atom stereocenters. The van der Waals surface area contributed by atoms with Crippen LogP contribution in [0.1, 0.15) is 55.6 Å². The van der Waals surface area contributed by atoms with Crippen LogP contribution in [0.5, 0.6) is 0 Å². The molecular weight excluding hydrogens is 1230 g/mol. The Labute approximate surface area is 581 Å². The van der Waals surface area contributed by atoms with Crippen LogP contribution < -0.4 is 58.0 Å². The van der Waals surface area contributed by atoms with Crippen molar-refractivity contribution in [2.75, 3.05) is 0 Å². The first-order valence-electron chi connectivity index (χ1n) is 31.2. The average Bonchev–Trinajstić information content (AvgIpc) is 1.02. The molecule has 0 amide bonds. The summed E-state index contributed by atoms with van der Waals surface area (Å²) in [7, 11) is -4.17. The zero-order valence-electron chi connectivity index (χ0n) is 54.1. The fourth-order valence-electron chi connectivity index (χ4n) is 15.2. The third-order valence-electron chi connectivity index (χ3n) is 19.7. The van der Waals surface area contributed by atoms with E-state index in [1.807, 2.05) is 0 Å². The summed E-state index contributed by atoms with van der Waals surface area (Å²) in [5.41, 5.74) is 35.4. The SMILES string of the molecule is Cc1c(C)c([Si](c2c(C)c(C)c(-c3ccccc3)c(-c3ccccc3)c2-c2ccccc2)(c2c(C)c(C)c(-c3ccccc3)c(-c3ccccc3)c2-c2ccccc2)c2c(C)c(C)c(C)[c-]2C)c(-c2ccccc2)c(-c2ccccc2)c1-c1ccccc1.[Cl-].[Cl-].[Cl-].[Ti+4]. The van der Waals surface area contributed by atoms with Crippen LogP contribution in [0.25, 0.3) is 100 Å². The predicted molar refractivity (Wildman–Crippen MR) is 382 cm³/mol. The zero-order valence-corrected chi connectivity index (χ0v) is 58.9. The standard InChI is InChI=1S/C87H75Si.3ClH.Ti/c1-56-57(2)62(7)84(61(56)6)88(85-63(8)58(3)75(66-38-20-11-21-39-66)78(69-44-26-14-27-45-69)81(85)72-50-32-17-33-51-72,86-64(9)59(4)76(67-40-22-12-23-41-67)79(70-46-28-15-29-47-70)82(86)73-52-34-18-35-53-73)87-65(10)60(5)77(68-42-24-13-25-43-68)80(71-48-30-16-31-49-71)83(87)74-54-36-19-37-55-74;;;;/h11-55H,1-10H3;3*1H;/q-1;;;;+4/p-3. The molecule has 0 heterocycles. The summed E-state index contributed by atoms with van der Waals surface area (Å²) in [4.78, 5) is 0. The van der Waals surface area contributed by atoms with E-state index in [9.17, 15) is 0 Å². The van der Waals surface area contributed by atoms with E-state index in [2.05, 4.69) is 342 Å². The number of hydrogen-bond acceptors (Lipinski definition) is 0. The molecule has 13 aromatic rings. The van der Waals surface area contributed by atoms with Gasteiger partial charge in [0.25, 0.3) is 0 Å². The van der Waals surface area contributed by atoms with Gasteiger partial charge in [-0.3, -0.25) is 0 Å². The molecular formula is C87H75Cl3SiTi. The first-order valence-corrected chi connectivity index (χ1v) is 33.2. The second-order valence-electron chi connectivity index (χ2n) is 24.2. The Bertz CT molecular complexity index is 4240. The normalized spacial score (nSPS) is 11.0. The topological polar surface area (TPSA) is 0 Å². The summed E-state index contributed by atoms with van der Waals surface area (Å²) in [6.45, 7) is 24.6. The number of benzene rings is 12. The van der Waals surface area contributed by atoms with E-state index in [-0.39, 0.29) is 58.9 Å². The van der Waals surface area contributed by atoms with Crippen molar-refractivity contribution < 1.29 is 58.9 Å². The van der Waals surface area contributed by atoms with Gasteiger partial charge in [-0.05, 0) is 191 Å². The van der Waals surface area contributed by atoms with E-state index < -0.39 is 8.07 Å². The van der Waals surface area contributed by atoms with Crippen LogP contribution in [0.15, 0.2) is 273 Å². The van der Waals surface area contributed by atoms with Crippen LogP contribution in [0.3, 0.4) is 0 Å². The maximum absolute atomic E-state index is 4.17. The largest absolute Gasteiger partial charge is 4.00 e. The molecule has 0 saturated heterocycles. The van der Waals surface area contributed by atoms with E-state index in [0.29, 0.717) is 0 Å². The van der Waals surface area contributed by atoms with Gasteiger partial charge in [-0.15, -0.1) is 0 Å². The predicted octanol–water partition coefficient (Wildman–Crippen LogP) is 11.9. The minimum Gasteiger partial charge on any atom is -1.00 e. The van der Waals surface area contributed by atoms with E-state index in [1.54, 1.807) is 0 Å². The van der Waals surface area contributed by atoms with Gasteiger partial charge >= 0.3 is 21.7 Å². The van der Waals surface area contributed by atoms with Crippen LogP contribution in [-0.2, 0) is 21.7 Å². The Balaban J connectivity index is 0.00000250. The van der Waals surface area contributed by atoms with E-state index in [0.717, 1.165) is 0 Å². The van der Waals surface area contributed by atoms with Crippen LogP contribution in [0.2, 0.25) is 0 Å². The van der Waals surface area contributed by atoms with Crippen LogP contribution in [0, 0.1) is 69.2 Å². The number of rotatable bonds is 13. The minimum atomic E-state index is -4.17. The monoisotopic (exact) mass is 1300 g/mol. The maximum Gasteiger partial charge on any atom is 4.00 e. The molecule has 13 rings (SSSR count). The Morgan fingerprint density at radius 3 is 0.554 bits per heavy atom.